The minimum atomic E-state index is -0.518. The van der Waals surface area contributed by atoms with E-state index in [0.717, 1.165) is 62.7 Å². The Morgan fingerprint density at radius 3 is 2.45 bits per heavy atom. The third-order valence-electron chi connectivity index (χ3n) is 6.48. The Morgan fingerprint density at radius 1 is 1.12 bits per heavy atom. The fourth-order valence-corrected chi connectivity index (χ4v) is 5.44. The average Bonchev–Trinajstić information content (AvgIpc) is 3.32. The van der Waals surface area contributed by atoms with Crippen molar-refractivity contribution in [1.82, 2.24) is 9.80 Å². The van der Waals surface area contributed by atoms with Gasteiger partial charge in [-0.2, -0.15) is 21.9 Å². The van der Waals surface area contributed by atoms with Crippen LogP contribution < -0.4 is 4.74 Å². The molecule has 0 saturated carbocycles. The van der Waals surface area contributed by atoms with Crippen molar-refractivity contribution in [2.45, 2.75) is 32.1 Å². The molecule has 33 heavy (non-hydrogen) atoms. The molecular formula is C26H31N5OS. The molecule has 1 aliphatic rings. The predicted octanol–water partition coefficient (Wildman–Crippen LogP) is 5.06. The quantitative estimate of drug-likeness (QED) is 0.463. The summed E-state index contributed by atoms with van der Waals surface area (Å²) in [6.45, 7) is 18.0. The predicted molar refractivity (Wildman–Crippen MR) is 131 cm³/mol. The summed E-state index contributed by atoms with van der Waals surface area (Å²) in [7, 11) is 0. The maximum Gasteiger partial charge on any atom is 0.241 e. The number of ether oxygens (including phenoxy) is 1. The molecule has 0 radical (unpaired) electrons. The number of hydrogen-bond acceptors (Lipinski definition) is 6. The highest BCUT2D eigenvalue weighted by molar-refractivity contribution is 7.16. The minimum absolute atomic E-state index is 0.199. The highest BCUT2D eigenvalue weighted by atomic mass is 32.1. The largest absolute Gasteiger partial charge is 0.492 e. The van der Waals surface area contributed by atoms with Crippen LogP contribution in [0.3, 0.4) is 0 Å². The fourth-order valence-electron chi connectivity index (χ4n) is 4.33. The number of rotatable bonds is 10. The van der Waals surface area contributed by atoms with Gasteiger partial charge in [0.05, 0.1) is 29.7 Å². The maximum atomic E-state index is 10.1. The van der Waals surface area contributed by atoms with Crippen LogP contribution in [0.2, 0.25) is 0 Å². The normalized spacial score (nSPS) is 16.5. The third kappa shape index (κ3) is 6.34. The van der Waals surface area contributed by atoms with E-state index in [1.807, 2.05) is 24.3 Å². The maximum absolute atomic E-state index is 10.1. The summed E-state index contributed by atoms with van der Waals surface area (Å²) in [5.41, 5.74) is 0.0974. The first-order valence-electron chi connectivity index (χ1n) is 11.5. The van der Waals surface area contributed by atoms with Gasteiger partial charge in [0, 0.05) is 37.6 Å². The van der Waals surface area contributed by atoms with Gasteiger partial charge in [-0.1, -0.05) is 26.0 Å². The highest BCUT2D eigenvalue weighted by Crippen LogP contribution is 2.42. The lowest BCUT2D eigenvalue weighted by molar-refractivity contribution is 0.114. The summed E-state index contributed by atoms with van der Waals surface area (Å²) in [6.07, 6.45) is 1.78. The molecule has 1 atom stereocenters. The van der Waals surface area contributed by atoms with E-state index in [-0.39, 0.29) is 5.92 Å². The van der Waals surface area contributed by atoms with Crippen molar-refractivity contribution < 1.29 is 4.74 Å². The van der Waals surface area contributed by atoms with E-state index in [2.05, 4.69) is 40.6 Å². The van der Waals surface area contributed by atoms with Crippen LogP contribution in [-0.2, 0) is 5.41 Å². The van der Waals surface area contributed by atoms with Gasteiger partial charge in [0.25, 0.3) is 0 Å². The molecule has 2 aromatic rings. The summed E-state index contributed by atoms with van der Waals surface area (Å²) < 4.78 is 5.81. The topological polar surface area (TPSA) is 67.7 Å². The molecule has 1 aromatic carbocycles. The summed E-state index contributed by atoms with van der Waals surface area (Å²) in [4.78, 5) is 9.45. The van der Waals surface area contributed by atoms with E-state index in [4.69, 9.17) is 16.6 Å². The van der Waals surface area contributed by atoms with Crippen LogP contribution in [0.4, 0.5) is 5.00 Å². The lowest BCUT2D eigenvalue weighted by atomic mass is 9.73. The Labute approximate surface area is 201 Å². The lowest BCUT2D eigenvalue weighted by Crippen LogP contribution is -2.47. The molecule has 0 amide bonds. The van der Waals surface area contributed by atoms with Gasteiger partial charge in [-0.3, -0.25) is 4.90 Å². The zero-order valence-electron chi connectivity index (χ0n) is 19.5. The number of hydrogen-bond donors (Lipinski definition) is 0. The average molecular weight is 462 g/mol. The summed E-state index contributed by atoms with van der Waals surface area (Å²) >= 11 is 1.46. The molecule has 6 nitrogen and oxygen atoms in total. The molecule has 0 bridgehead atoms. The van der Waals surface area contributed by atoms with Crippen LogP contribution in [0.15, 0.2) is 36.4 Å². The van der Waals surface area contributed by atoms with Crippen molar-refractivity contribution in [3.63, 3.8) is 0 Å². The first-order chi connectivity index (χ1) is 16.0. The van der Waals surface area contributed by atoms with Gasteiger partial charge in [-0.05, 0) is 49.6 Å². The smallest absolute Gasteiger partial charge is 0.241 e. The molecule has 7 heteroatoms. The Morgan fingerprint density at radius 2 is 1.85 bits per heavy atom. The van der Waals surface area contributed by atoms with Crippen molar-refractivity contribution in [3.8, 4) is 17.9 Å². The highest BCUT2D eigenvalue weighted by Gasteiger charge is 2.37. The Bertz CT molecular complexity index is 1040. The van der Waals surface area contributed by atoms with Crippen molar-refractivity contribution >= 4 is 16.3 Å². The molecule has 0 N–H and O–H groups in total. The van der Waals surface area contributed by atoms with Crippen LogP contribution in [0.1, 0.15) is 37.1 Å². The van der Waals surface area contributed by atoms with Gasteiger partial charge in [-0.15, -0.1) is 0 Å². The first kappa shape index (κ1) is 24.7. The molecule has 2 heterocycles. The van der Waals surface area contributed by atoms with Gasteiger partial charge in [0.15, 0.2) is 0 Å². The Kier molecular flexibility index (Phi) is 8.87. The SMILES string of the molecule is [C-]#[N+]c1ccc(C(C#N)(CCCN2CCN(CCOc3cccc(C#N)c3)CC2)C(C)C)s1. The number of nitrogens with zero attached hydrogens (tertiary/aromatic N) is 5. The van der Waals surface area contributed by atoms with E-state index in [9.17, 15) is 5.26 Å². The zero-order valence-corrected chi connectivity index (χ0v) is 20.3. The van der Waals surface area contributed by atoms with Crippen molar-refractivity contribution in [2.24, 2.45) is 5.92 Å². The Balaban J connectivity index is 1.42. The van der Waals surface area contributed by atoms with Crippen molar-refractivity contribution in [2.75, 3.05) is 45.9 Å². The van der Waals surface area contributed by atoms with Crippen molar-refractivity contribution in [3.05, 3.63) is 58.3 Å². The number of benzene rings is 1. The number of piperazine rings is 1. The zero-order chi connectivity index (χ0) is 23.7. The Hall–Kier alpha value is -2.89. The van der Waals surface area contributed by atoms with Crippen LogP contribution in [-0.4, -0.2) is 55.7 Å². The van der Waals surface area contributed by atoms with Gasteiger partial charge >= 0.3 is 0 Å². The standard InChI is InChI=1S/C26H31N5OS/c1-21(2)26(20-28,24-8-9-25(29-3)33-24)10-5-11-30-12-14-31(15-13-30)16-17-32-23-7-4-6-22(18-23)19-27/h4,6-9,18,21H,5,10-17H2,1-2H3. The monoisotopic (exact) mass is 461 g/mol. The van der Waals surface area contributed by atoms with Crippen LogP contribution in [0.5, 0.6) is 5.75 Å². The molecule has 0 spiro atoms. The van der Waals surface area contributed by atoms with E-state index in [1.54, 1.807) is 12.1 Å². The molecule has 1 aliphatic heterocycles. The molecule has 1 fully saturated rings. The molecule has 1 unspecified atom stereocenters. The fraction of sp³-hybridized carbons (Fsp3) is 0.500. The lowest BCUT2D eigenvalue weighted by Gasteiger charge is -2.36. The molecule has 3 rings (SSSR count). The minimum Gasteiger partial charge on any atom is -0.492 e. The number of nitriles is 2. The third-order valence-corrected chi connectivity index (χ3v) is 7.63. The molecule has 0 aliphatic carbocycles. The van der Waals surface area contributed by atoms with Gasteiger partial charge in [-0.25, -0.2) is 4.85 Å². The number of thiophene rings is 1. The second-order valence-corrected chi connectivity index (χ2v) is 9.82. The second-order valence-electron chi connectivity index (χ2n) is 8.76. The van der Waals surface area contributed by atoms with E-state index in [0.29, 0.717) is 17.2 Å². The molecule has 1 aromatic heterocycles. The summed E-state index contributed by atoms with van der Waals surface area (Å²) in [6, 6.07) is 15.8. The van der Waals surface area contributed by atoms with Crippen LogP contribution >= 0.6 is 11.3 Å². The second kappa shape index (κ2) is 11.8. The molecule has 172 valence electrons. The molecular weight excluding hydrogens is 430 g/mol. The van der Waals surface area contributed by atoms with E-state index >= 15 is 0 Å². The van der Waals surface area contributed by atoms with Crippen molar-refractivity contribution in [1.29, 1.82) is 10.5 Å². The molecule has 1 saturated heterocycles. The van der Waals surface area contributed by atoms with E-state index < -0.39 is 5.41 Å². The van der Waals surface area contributed by atoms with Gasteiger partial charge < -0.3 is 9.64 Å². The van der Waals surface area contributed by atoms with Crippen LogP contribution in [0.25, 0.3) is 4.85 Å². The van der Waals surface area contributed by atoms with E-state index in [1.165, 1.54) is 11.3 Å². The van der Waals surface area contributed by atoms with Gasteiger partial charge in [0.2, 0.25) is 5.00 Å². The first-order valence-corrected chi connectivity index (χ1v) is 12.3. The van der Waals surface area contributed by atoms with Crippen LogP contribution in [0, 0.1) is 35.2 Å². The summed E-state index contributed by atoms with van der Waals surface area (Å²) in [5.74, 6) is 0.943. The summed E-state index contributed by atoms with van der Waals surface area (Å²) in [5, 5.41) is 19.7. The van der Waals surface area contributed by atoms with Gasteiger partial charge in [0.1, 0.15) is 12.4 Å².